The van der Waals surface area contributed by atoms with Crippen molar-refractivity contribution >= 4 is 29.1 Å². The molecule has 0 aliphatic carbocycles. The van der Waals surface area contributed by atoms with E-state index in [1.807, 2.05) is 6.92 Å². The van der Waals surface area contributed by atoms with E-state index in [0.29, 0.717) is 28.0 Å². The van der Waals surface area contributed by atoms with E-state index in [9.17, 15) is 4.79 Å². The Morgan fingerprint density at radius 2 is 2.25 bits per heavy atom. The van der Waals surface area contributed by atoms with Gasteiger partial charge in [-0.15, -0.1) is 0 Å². The van der Waals surface area contributed by atoms with Crippen LogP contribution in [0.25, 0.3) is 0 Å². The van der Waals surface area contributed by atoms with E-state index >= 15 is 0 Å². The van der Waals surface area contributed by atoms with E-state index in [2.05, 4.69) is 20.8 Å². The van der Waals surface area contributed by atoms with Crippen molar-refractivity contribution < 1.29 is 9.32 Å². The first-order valence-electron chi connectivity index (χ1n) is 6.24. The molecule has 0 unspecified atom stereocenters. The number of aromatic nitrogens is 2. The number of carbonyl (C=O) groups excluding carboxylic acids is 1. The summed E-state index contributed by atoms with van der Waals surface area (Å²) in [5.41, 5.74) is 0.359. The molecule has 2 N–H and O–H groups in total. The van der Waals surface area contributed by atoms with Crippen LogP contribution in [0.3, 0.4) is 0 Å². The van der Waals surface area contributed by atoms with Gasteiger partial charge in [0.2, 0.25) is 0 Å². The molecule has 2 aromatic rings. The number of anilines is 2. The van der Waals surface area contributed by atoms with Gasteiger partial charge in [0, 0.05) is 18.8 Å². The average molecular weight is 295 g/mol. The number of hydrogen-bond acceptors (Lipinski definition) is 5. The molecule has 7 heteroatoms. The zero-order valence-corrected chi connectivity index (χ0v) is 12.0. The molecule has 2 aromatic heterocycles. The number of carbonyl (C=O) groups is 1. The summed E-state index contributed by atoms with van der Waals surface area (Å²) in [6.07, 6.45) is 2.43. The Bertz CT molecular complexity index is 612. The molecule has 2 rings (SSSR count). The van der Waals surface area contributed by atoms with Crippen molar-refractivity contribution in [3.8, 4) is 0 Å². The van der Waals surface area contributed by atoms with Crippen molar-refractivity contribution in [2.75, 3.05) is 17.2 Å². The molecule has 0 bridgehead atoms. The standard InChI is InChI=1S/C13H15ClN4O2/c1-3-4-15-12-10(14)6-9(7-16-12)13(19)17-11-5-8(2)20-18-11/h5-7H,3-4H2,1-2H3,(H,15,16)(H,17,18,19). The fraction of sp³-hybridized carbons (Fsp3) is 0.308. The van der Waals surface area contributed by atoms with Gasteiger partial charge in [-0.3, -0.25) is 4.79 Å². The Labute approximate surface area is 121 Å². The van der Waals surface area contributed by atoms with Crippen molar-refractivity contribution in [2.45, 2.75) is 20.3 Å². The number of nitrogens with one attached hydrogen (secondary N) is 2. The van der Waals surface area contributed by atoms with E-state index < -0.39 is 0 Å². The Kier molecular flexibility index (Phi) is 4.57. The maximum atomic E-state index is 12.0. The third kappa shape index (κ3) is 3.48. The maximum Gasteiger partial charge on any atom is 0.258 e. The fourth-order valence-corrected chi connectivity index (χ4v) is 1.78. The zero-order chi connectivity index (χ0) is 14.5. The van der Waals surface area contributed by atoms with E-state index in [1.165, 1.54) is 6.20 Å². The molecule has 20 heavy (non-hydrogen) atoms. The Morgan fingerprint density at radius 1 is 1.45 bits per heavy atom. The summed E-state index contributed by atoms with van der Waals surface area (Å²) in [6, 6.07) is 3.19. The number of aryl methyl sites for hydroxylation is 1. The van der Waals surface area contributed by atoms with Crippen LogP contribution in [0.15, 0.2) is 22.9 Å². The monoisotopic (exact) mass is 294 g/mol. The number of hydrogen-bond donors (Lipinski definition) is 2. The SMILES string of the molecule is CCCNc1ncc(C(=O)Nc2cc(C)on2)cc1Cl. The first-order valence-corrected chi connectivity index (χ1v) is 6.62. The van der Waals surface area contributed by atoms with Gasteiger partial charge in [-0.25, -0.2) is 4.98 Å². The smallest absolute Gasteiger partial charge is 0.258 e. The maximum absolute atomic E-state index is 12.0. The lowest BCUT2D eigenvalue weighted by Crippen LogP contribution is -2.13. The van der Waals surface area contributed by atoms with Crippen LogP contribution in [-0.4, -0.2) is 22.6 Å². The molecule has 0 aliphatic rings. The number of rotatable bonds is 5. The summed E-state index contributed by atoms with van der Waals surface area (Å²) in [6.45, 7) is 4.56. The second-order valence-electron chi connectivity index (χ2n) is 4.26. The molecule has 106 valence electrons. The molecule has 0 atom stereocenters. The normalized spacial score (nSPS) is 10.3. The van der Waals surface area contributed by atoms with E-state index in [4.69, 9.17) is 16.1 Å². The number of nitrogens with zero attached hydrogens (tertiary/aromatic N) is 2. The predicted octanol–water partition coefficient (Wildman–Crippen LogP) is 3.11. The van der Waals surface area contributed by atoms with Crippen molar-refractivity contribution in [3.63, 3.8) is 0 Å². The molecule has 0 spiro atoms. The molecular weight excluding hydrogens is 280 g/mol. The second-order valence-corrected chi connectivity index (χ2v) is 4.67. The van der Waals surface area contributed by atoms with Crippen molar-refractivity contribution in [3.05, 3.63) is 34.7 Å². The third-order valence-corrected chi connectivity index (χ3v) is 2.80. The minimum Gasteiger partial charge on any atom is -0.369 e. The van der Waals surface area contributed by atoms with Crippen molar-refractivity contribution in [2.24, 2.45) is 0 Å². The van der Waals surface area contributed by atoms with E-state index in [1.54, 1.807) is 19.1 Å². The van der Waals surface area contributed by atoms with Crippen LogP contribution in [0.4, 0.5) is 11.6 Å². The first kappa shape index (κ1) is 14.3. The molecule has 0 aliphatic heterocycles. The summed E-state index contributed by atoms with van der Waals surface area (Å²) in [7, 11) is 0. The third-order valence-electron chi connectivity index (χ3n) is 2.52. The van der Waals surface area contributed by atoms with Crippen LogP contribution in [0.1, 0.15) is 29.5 Å². The Hall–Kier alpha value is -2.08. The first-order chi connectivity index (χ1) is 9.60. The molecule has 6 nitrogen and oxygen atoms in total. The molecule has 0 fully saturated rings. The van der Waals surface area contributed by atoms with Crippen LogP contribution in [0, 0.1) is 6.92 Å². The Balaban J connectivity index is 2.08. The Morgan fingerprint density at radius 3 is 2.85 bits per heavy atom. The zero-order valence-electron chi connectivity index (χ0n) is 11.2. The molecule has 0 aromatic carbocycles. The second kappa shape index (κ2) is 6.38. The summed E-state index contributed by atoms with van der Waals surface area (Å²) in [5, 5.41) is 9.78. The summed E-state index contributed by atoms with van der Waals surface area (Å²) >= 11 is 6.08. The topological polar surface area (TPSA) is 80.0 Å². The molecule has 2 heterocycles. The minimum absolute atomic E-state index is 0.338. The van der Waals surface area contributed by atoms with Gasteiger partial charge in [-0.1, -0.05) is 23.7 Å². The molecule has 1 amide bonds. The predicted molar refractivity (Wildman–Crippen MR) is 77.2 cm³/mol. The van der Waals surface area contributed by atoms with Crippen LogP contribution in [0.5, 0.6) is 0 Å². The van der Waals surface area contributed by atoms with Gasteiger partial charge in [0.1, 0.15) is 11.6 Å². The van der Waals surface area contributed by atoms with Gasteiger partial charge in [-0.2, -0.15) is 0 Å². The van der Waals surface area contributed by atoms with Gasteiger partial charge < -0.3 is 15.2 Å². The average Bonchev–Trinajstić information content (AvgIpc) is 2.82. The molecular formula is C13H15ClN4O2. The van der Waals surface area contributed by atoms with Crippen LogP contribution in [0.2, 0.25) is 5.02 Å². The van der Waals surface area contributed by atoms with E-state index in [0.717, 1.165) is 13.0 Å². The summed E-state index contributed by atoms with van der Waals surface area (Å²) in [5.74, 6) is 1.21. The largest absolute Gasteiger partial charge is 0.369 e. The van der Waals surface area contributed by atoms with Gasteiger partial charge in [0.15, 0.2) is 5.82 Å². The van der Waals surface area contributed by atoms with Crippen molar-refractivity contribution in [1.82, 2.24) is 10.1 Å². The van der Waals surface area contributed by atoms with Gasteiger partial charge in [0.05, 0.1) is 10.6 Å². The number of pyridine rings is 1. The number of halogens is 1. The summed E-state index contributed by atoms with van der Waals surface area (Å²) in [4.78, 5) is 16.1. The van der Waals surface area contributed by atoms with Crippen LogP contribution < -0.4 is 10.6 Å². The molecule has 0 saturated heterocycles. The van der Waals surface area contributed by atoms with E-state index in [-0.39, 0.29) is 5.91 Å². The highest BCUT2D eigenvalue weighted by Gasteiger charge is 2.11. The highest BCUT2D eigenvalue weighted by molar-refractivity contribution is 6.33. The van der Waals surface area contributed by atoms with Gasteiger partial charge in [-0.05, 0) is 19.4 Å². The quantitative estimate of drug-likeness (QED) is 0.885. The highest BCUT2D eigenvalue weighted by atomic mass is 35.5. The van der Waals surface area contributed by atoms with Crippen molar-refractivity contribution in [1.29, 1.82) is 0 Å². The van der Waals surface area contributed by atoms with Crippen LogP contribution in [-0.2, 0) is 0 Å². The molecule has 0 radical (unpaired) electrons. The van der Waals surface area contributed by atoms with Crippen LogP contribution >= 0.6 is 11.6 Å². The highest BCUT2D eigenvalue weighted by Crippen LogP contribution is 2.20. The lowest BCUT2D eigenvalue weighted by Gasteiger charge is -2.07. The lowest BCUT2D eigenvalue weighted by atomic mass is 10.2. The lowest BCUT2D eigenvalue weighted by molar-refractivity contribution is 0.102. The van der Waals surface area contributed by atoms with Gasteiger partial charge >= 0.3 is 0 Å². The summed E-state index contributed by atoms with van der Waals surface area (Å²) < 4.78 is 4.87. The molecule has 0 saturated carbocycles. The number of amides is 1. The minimum atomic E-state index is -0.338. The fourth-order valence-electron chi connectivity index (χ4n) is 1.55. The van der Waals surface area contributed by atoms with Gasteiger partial charge in [0.25, 0.3) is 5.91 Å².